The third-order valence-electron chi connectivity index (χ3n) is 5.37. The maximum absolute atomic E-state index is 12.4. The van der Waals surface area contributed by atoms with Crippen molar-refractivity contribution in [2.45, 2.75) is 64.8 Å². The van der Waals surface area contributed by atoms with E-state index in [1.54, 1.807) is 0 Å². The van der Waals surface area contributed by atoms with Crippen LogP contribution in [0.2, 0.25) is 0 Å². The van der Waals surface area contributed by atoms with Crippen LogP contribution in [0, 0.1) is 23.7 Å². The third-order valence-corrected chi connectivity index (χ3v) is 5.37. The van der Waals surface area contributed by atoms with Crippen molar-refractivity contribution in [3.05, 3.63) is 0 Å². The van der Waals surface area contributed by atoms with Crippen molar-refractivity contribution in [1.29, 1.82) is 0 Å². The Balaban J connectivity index is 1.94. The molecule has 0 aromatic heterocycles. The standard InChI is InChI=1S/C16H27NO3/c1-3-11-8-13(14(9-11)16(19)20)15(18)17-10(2)12-6-4-5-7-12/h10-14H,3-9H2,1-2H3,(H,17,18)(H,19,20)/t10-,11?,13+,14-/m1/s1. The molecule has 4 nitrogen and oxygen atoms in total. The lowest BCUT2D eigenvalue weighted by molar-refractivity contribution is -0.146. The second-order valence-electron chi connectivity index (χ2n) is 6.64. The molecule has 0 radical (unpaired) electrons. The molecule has 20 heavy (non-hydrogen) atoms. The SMILES string of the molecule is CCC1C[C@H](C(=O)N[C@H](C)C2CCCC2)[C@H](C(=O)O)C1. The molecular weight excluding hydrogens is 254 g/mol. The molecule has 4 heteroatoms. The molecule has 4 atom stereocenters. The van der Waals surface area contributed by atoms with E-state index < -0.39 is 11.9 Å². The summed E-state index contributed by atoms with van der Waals surface area (Å²) in [6, 6.07) is 0.181. The molecule has 0 aromatic carbocycles. The highest BCUT2D eigenvalue weighted by Gasteiger charge is 2.42. The summed E-state index contributed by atoms with van der Waals surface area (Å²) in [5.74, 6) is -0.710. The molecule has 2 aliphatic rings. The van der Waals surface area contributed by atoms with Crippen LogP contribution in [0.1, 0.15) is 58.8 Å². The molecule has 0 aliphatic heterocycles. The van der Waals surface area contributed by atoms with Gasteiger partial charge in [0.1, 0.15) is 0 Å². The summed E-state index contributed by atoms with van der Waals surface area (Å²) in [4.78, 5) is 23.8. The van der Waals surface area contributed by atoms with Gasteiger partial charge in [0.15, 0.2) is 0 Å². The number of carbonyl (C=O) groups excluding carboxylic acids is 1. The Morgan fingerprint density at radius 3 is 2.35 bits per heavy atom. The number of amides is 1. The summed E-state index contributed by atoms with van der Waals surface area (Å²) in [7, 11) is 0. The van der Waals surface area contributed by atoms with Gasteiger partial charge >= 0.3 is 5.97 Å². The van der Waals surface area contributed by atoms with Crippen molar-refractivity contribution >= 4 is 11.9 Å². The largest absolute Gasteiger partial charge is 0.481 e. The van der Waals surface area contributed by atoms with Gasteiger partial charge in [-0.1, -0.05) is 26.2 Å². The number of carboxylic acids is 1. The zero-order valence-corrected chi connectivity index (χ0v) is 12.6. The van der Waals surface area contributed by atoms with Crippen molar-refractivity contribution in [2.75, 3.05) is 0 Å². The maximum Gasteiger partial charge on any atom is 0.307 e. The van der Waals surface area contributed by atoms with E-state index in [1.165, 1.54) is 25.7 Å². The zero-order valence-electron chi connectivity index (χ0n) is 12.6. The van der Waals surface area contributed by atoms with Gasteiger partial charge in [0.25, 0.3) is 0 Å². The predicted molar refractivity (Wildman–Crippen MR) is 77.2 cm³/mol. The number of hydrogen-bond acceptors (Lipinski definition) is 2. The summed E-state index contributed by atoms with van der Waals surface area (Å²) in [6.07, 6.45) is 7.23. The Hall–Kier alpha value is -1.06. The Kier molecular flexibility index (Phi) is 5.06. The van der Waals surface area contributed by atoms with E-state index in [1.807, 2.05) is 0 Å². The number of hydrogen-bond donors (Lipinski definition) is 2. The van der Waals surface area contributed by atoms with E-state index in [-0.39, 0.29) is 17.9 Å². The van der Waals surface area contributed by atoms with Gasteiger partial charge in [-0.2, -0.15) is 0 Å². The van der Waals surface area contributed by atoms with Crippen LogP contribution in [0.4, 0.5) is 0 Å². The summed E-state index contributed by atoms with van der Waals surface area (Å²) in [5.41, 5.74) is 0. The Labute approximate surface area is 121 Å². The second-order valence-corrected chi connectivity index (χ2v) is 6.64. The molecular formula is C16H27NO3. The highest BCUT2D eigenvalue weighted by atomic mass is 16.4. The third kappa shape index (κ3) is 3.33. The van der Waals surface area contributed by atoms with Gasteiger partial charge in [-0.15, -0.1) is 0 Å². The molecule has 0 heterocycles. The topological polar surface area (TPSA) is 66.4 Å². The molecule has 0 spiro atoms. The molecule has 1 unspecified atom stereocenters. The molecule has 1 amide bonds. The minimum atomic E-state index is -0.811. The summed E-state index contributed by atoms with van der Waals surface area (Å²) in [6.45, 7) is 4.14. The minimum Gasteiger partial charge on any atom is -0.481 e. The van der Waals surface area contributed by atoms with Crippen LogP contribution in [-0.4, -0.2) is 23.0 Å². The van der Waals surface area contributed by atoms with Crippen molar-refractivity contribution < 1.29 is 14.7 Å². The lowest BCUT2D eigenvalue weighted by Crippen LogP contribution is -2.42. The molecule has 0 bridgehead atoms. The first-order valence-electron chi connectivity index (χ1n) is 8.06. The quantitative estimate of drug-likeness (QED) is 0.814. The molecule has 2 saturated carbocycles. The van der Waals surface area contributed by atoms with Gasteiger partial charge in [-0.25, -0.2) is 0 Å². The normalized spacial score (nSPS) is 32.2. The van der Waals surface area contributed by atoms with Gasteiger partial charge in [0.05, 0.1) is 11.8 Å². The van der Waals surface area contributed by atoms with Crippen molar-refractivity contribution in [2.24, 2.45) is 23.7 Å². The number of carbonyl (C=O) groups is 2. The van der Waals surface area contributed by atoms with E-state index in [0.717, 1.165) is 12.8 Å². The van der Waals surface area contributed by atoms with Crippen LogP contribution in [0.15, 0.2) is 0 Å². The van der Waals surface area contributed by atoms with Gasteiger partial charge < -0.3 is 10.4 Å². The van der Waals surface area contributed by atoms with Crippen molar-refractivity contribution in [1.82, 2.24) is 5.32 Å². The van der Waals surface area contributed by atoms with Gasteiger partial charge in [-0.05, 0) is 44.4 Å². The second kappa shape index (κ2) is 6.59. The highest BCUT2D eigenvalue weighted by molar-refractivity contribution is 5.85. The van der Waals surface area contributed by atoms with Gasteiger partial charge in [-0.3, -0.25) is 9.59 Å². The zero-order chi connectivity index (χ0) is 14.7. The molecule has 0 aromatic rings. The number of aliphatic carboxylic acids is 1. The van der Waals surface area contributed by atoms with Crippen LogP contribution >= 0.6 is 0 Å². The number of nitrogens with one attached hydrogen (secondary N) is 1. The van der Waals surface area contributed by atoms with Crippen molar-refractivity contribution in [3.63, 3.8) is 0 Å². The average molecular weight is 281 g/mol. The lowest BCUT2D eigenvalue weighted by atomic mass is 9.93. The van der Waals surface area contributed by atoms with Crippen LogP contribution in [0.3, 0.4) is 0 Å². The summed E-state index contributed by atoms with van der Waals surface area (Å²) < 4.78 is 0. The monoisotopic (exact) mass is 281 g/mol. The fraction of sp³-hybridized carbons (Fsp3) is 0.875. The maximum atomic E-state index is 12.4. The first-order valence-corrected chi connectivity index (χ1v) is 8.06. The molecule has 114 valence electrons. The number of rotatable bonds is 5. The highest BCUT2D eigenvalue weighted by Crippen LogP contribution is 2.38. The lowest BCUT2D eigenvalue weighted by Gasteiger charge is -2.23. The Bertz CT molecular complexity index is 363. The smallest absolute Gasteiger partial charge is 0.307 e. The van der Waals surface area contributed by atoms with E-state index in [0.29, 0.717) is 18.3 Å². The first-order chi connectivity index (χ1) is 9.52. The van der Waals surface area contributed by atoms with Crippen molar-refractivity contribution in [3.8, 4) is 0 Å². The minimum absolute atomic E-state index is 0.0345. The number of carboxylic acid groups (broad SMARTS) is 1. The Morgan fingerprint density at radius 1 is 1.20 bits per heavy atom. The molecule has 2 rings (SSSR count). The van der Waals surface area contributed by atoms with E-state index >= 15 is 0 Å². The van der Waals surface area contributed by atoms with Crippen LogP contribution < -0.4 is 5.32 Å². The molecule has 2 N–H and O–H groups in total. The molecule has 0 saturated heterocycles. The first kappa shape index (κ1) is 15.3. The molecule has 2 aliphatic carbocycles. The van der Waals surface area contributed by atoms with E-state index in [9.17, 15) is 14.7 Å². The predicted octanol–water partition coefficient (Wildman–Crippen LogP) is 2.82. The fourth-order valence-corrected chi connectivity index (χ4v) is 3.95. The van der Waals surface area contributed by atoms with Crippen LogP contribution in [-0.2, 0) is 9.59 Å². The summed E-state index contributed by atoms with van der Waals surface area (Å²) >= 11 is 0. The van der Waals surface area contributed by atoms with Gasteiger partial charge in [0, 0.05) is 6.04 Å². The van der Waals surface area contributed by atoms with Crippen LogP contribution in [0.5, 0.6) is 0 Å². The van der Waals surface area contributed by atoms with E-state index in [4.69, 9.17) is 0 Å². The van der Waals surface area contributed by atoms with E-state index in [2.05, 4.69) is 19.2 Å². The fourth-order valence-electron chi connectivity index (χ4n) is 3.95. The van der Waals surface area contributed by atoms with Crippen LogP contribution in [0.25, 0.3) is 0 Å². The molecule has 2 fully saturated rings. The average Bonchev–Trinajstić information content (AvgIpc) is 3.07. The van der Waals surface area contributed by atoms with Gasteiger partial charge in [0.2, 0.25) is 5.91 Å². The summed E-state index contributed by atoms with van der Waals surface area (Å²) in [5, 5.41) is 12.4. The Morgan fingerprint density at radius 2 is 1.80 bits per heavy atom.